The zero-order valence-electron chi connectivity index (χ0n) is 16.4. The van der Waals surface area contributed by atoms with Gasteiger partial charge in [-0.3, -0.25) is 4.79 Å². The molecule has 2 aromatic heterocycles. The Hall–Kier alpha value is -2.41. The number of amides is 1. The molecule has 1 atom stereocenters. The first kappa shape index (κ1) is 19.4. The van der Waals surface area contributed by atoms with Crippen LogP contribution < -0.4 is 10.2 Å². The second-order valence-electron chi connectivity index (χ2n) is 7.37. The molecule has 0 spiro atoms. The molecule has 0 radical (unpaired) electrons. The second-order valence-corrected chi connectivity index (χ2v) is 7.37. The fourth-order valence-corrected chi connectivity index (χ4v) is 3.51. The van der Waals surface area contributed by atoms with Crippen molar-refractivity contribution in [2.75, 3.05) is 32.1 Å². The predicted molar refractivity (Wildman–Crippen MR) is 105 cm³/mol. The fraction of sp³-hybridized carbons (Fsp3) is 0.550. The van der Waals surface area contributed by atoms with Crippen LogP contribution in [0.1, 0.15) is 47.5 Å². The van der Waals surface area contributed by atoms with Crippen LogP contribution in [0.3, 0.4) is 0 Å². The van der Waals surface area contributed by atoms with Crippen molar-refractivity contribution in [2.24, 2.45) is 0 Å². The van der Waals surface area contributed by atoms with Crippen molar-refractivity contribution in [3.8, 4) is 0 Å². The highest BCUT2D eigenvalue weighted by Gasteiger charge is 2.18. The maximum Gasteiger partial charge on any atom is 0.252 e. The van der Waals surface area contributed by atoms with E-state index < -0.39 is 0 Å². The zero-order chi connectivity index (χ0) is 19.2. The molecule has 7 heteroatoms. The van der Waals surface area contributed by atoms with Crippen molar-refractivity contribution < 1.29 is 9.32 Å². The summed E-state index contributed by atoms with van der Waals surface area (Å²) in [5.74, 6) is 1.50. The minimum Gasteiger partial charge on any atom is -0.359 e. The lowest BCUT2D eigenvalue weighted by atomic mass is 10.0. The average molecular weight is 371 g/mol. The Morgan fingerprint density at radius 2 is 2.26 bits per heavy atom. The number of carbonyl (C=O) groups is 1. The van der Waals surface area contributed by atoms with E-state index in [1.807, 2.05) is 37.1 Å². The van der Waals surface area contributed by atoms with Gasteiger partial charge in [-0.25, -0.2) is 4.98 Å². The smallest absolute Gasteiger partial charge is 0.252 e. The molecule has 0 aliphatic carbocycles. The molecule has 7 nitrogen and oxygen atoms in total. The number of nitrogens with zero attached hydrogens (tertiary/aromatic N) is 4. The van der Waals surface area contributed by atoms with Crippen molar-refractivity contribution in [1.82, 2.24) is 20.4 Å². The summed E-state index contributed by atoms with van der Waals surface area (Å²) >= 11 is 0. The molecule has 3 rings (SSSR count). The summed E-state index contributed by atoms with van der Waals surface area (Å²) in [7, 11) is 4.10. The van der Waals surface area contributed by atoms with Gasteiger partial charge in [-0.15, -0.1) is 0 Å². The number of piperidine rings is 1. The minimum absolute atomic E-state index is 0.0685. The number of nitrogens with one attached hydrogen (secondary N) is 1. The van der Waals surface area contributed by atoms with Crippen LogP contribution in [0.2, 0.25) is 0 Å². The van der Waals surface area contributed by atoms with E-state index in [9.17, 15) is 4.79 Å². The molecule has 0 bridgehead atoms. The van der Waals surface area contributed by atoms with Crippen LogP contribution in [0.15, 0.2) is 28.9 Å². The van der Waals surface area contributed by atoms with Crippen LogP contribution in [0.4, 0.5) is 5.82 Å². The van der Waals surface area contributed by atoms with E-state index in [0.29, 0.717) is 24.7 Å². The van der Waals surface area contributed by atoms with Gasteiger partial charge in [0.15, 0.2) is 5.76 Å². The molecule has 1 amide bonds. The summed E-state index contributed by atoms with van der Waals surface area (Å²) in [6.07, 6.45) is 6.41. The topological polar surface area (TPSA) is 74.5 Å². The van der Waals surface area contributed by atoms with Gasteiger partial charge in [-0.2, -0.15) is 0 Å². The highest BCUT2D eigenvalue weighted by atomic mass is 16.5. The molecule has 1 aliphatic heterocycles. The van der Waals surface area contributed by atoms with E-state index in [1.165, 1.54) is 19.3 Å². The largest absolute Gasteiger partial charge is 0.359 e. The van der Waals surface area contributed by atoms with Gasteiger partial charge >= 0.3 is 0 Å². The number of rotatable bonds is 7. The predicted octanol–water partition coefficient (Wildman–Crippen LogP) is 2.62. The number of likely N-dealkylation sites (tertiary alicyclic amines) is 1. The van der Waals surface area contributed by atoms with Crippen LogP contribution >= 0.6 is 0 Å². The van der Waals surface area contributed by atoms with Gasteiger partial charge in [0.2, 0.25) is 0 Å². The molecule has 1 saturated heterocycles. The Labute approximate surface area is 160 Å². The third-order valence-electron chi connectivity index (χ3n) is 5.16. The van der Waals surface area contributed by atoms with Gasteiger partial charge in [0, 0.05) is 31.9 Å². The van der Waals surface area contributed by atoms with E-state index in [4.69, 9.17) is 4.52 Å². The Balaban J connectivity index is 1.48. The van der Waals surface area contributed by atoms with Crippen LogP contribution in [0, 0.1) is 6.92 Å². The zero-order valence-corrected chi connectivity index (χ0v) is 16.4. The molecular weight excluding hydrogens is 342 g/mol. The van der Waals surface area contributed by atoms with Gasteiger partial charge in [-0.1, -0.05) is 11.6 Å². The summed E-state index contributed by atoms with van der Waals surface area (Å²) in [5, 5.41) is 6.91. The highest BCUT2D eigenvalue weighted by molar-refractivity contribution is 5.94. The standard InChI is InChI=1S/C20H29N5O2/c1-15-12-18(27-23-15)14-25(3)19-8-7-16(13-22-19)20(26)21-10-9-17-6-4-5-11-24(17)2/h7-8,12-13,17H,4-6,9-11,14H2,1-3H3,(H,21,26)/t17-/m0/s1. The molecule has 0 saturated carbocycles. The van der Waals surface area contributed by atoms with Crippen LogP contribution in [0.25, 0.3) is 0 Å². The number of pyridine rings is 1. The normalized spacial score (nSPS) is 17.7. The number of carbonyl (C=O) groups excluding carboxylic acids is 1. The van der Waals surface area contributed by atoms with Crippen LogP contribution in [-0.2, 0) is 6.54 Å². The average Bonchev–Trinajstić information content (AvgIpc) is 3.08. The van der Waals surface area contributed by atoms with Gasteiger partial charge in [0.25, 0.3) is 5.91 Å². The van der Waals surface area contributed by atoms with Crippen LogP contribution in [-0.4, -0.2) is 54.2 Å². The summed E-state index contributed by atoms with van der Waals surface area (Å²) in [4.78, 5) is 21.1. The second kappa shape index (κ2) is 8.99. The third kappa shape index (κ3) is 5.29. The lowest BCUT2D eigenvalue weighted by Gasteiger charge is -2.32. The van der Waals surface area contributed by atoms with Gasteiger partial charge in [0.1, 0.15) is 5.82 Å². The molecule has 2 aromatic rings. The minimum atomic E-state index is -0.0685. The number of aromatic nitrogens is 2. The van der Waals surface area contributed by atoms with Crippen molar-refractivity contribution in [3.63, 3.8) is 0 Å². The third-order valence-corrected chi connectivity index (χ3v) is 5.16. The molecular formula is C20H29N5O2. The lowest BCUT2D eigenvalue weighted by molar-refractivity contribution is 0.0945. The Morgan fingerprint density at radius 1 is 1.41 bits per heavy atom. The summed E-state index contributed by atoms with van der Waals surface area (Å²) in [6.45, 7) is 4.32. The van der Waals surface area contributed by atoms with Gasteiger partial charge in [-0.05, 0) is 51.9 Å². The van der Waals surface area contributed by atoms with Crippen molar-refractivity contribution >= 4 is 11.7 Å². The molecule has 1 fully saturated rings. The van der Waals surface area contributed by atoms with Crippen molar-refractivity contribution in [1.29, 1.82) is 0 Å². The fourth-order valence-electron chi connectivity index (χ4n) is 3.51. The van der Waals surface area contributed by atoms with Crippen molar-refractivity contribution in [2.45, 2.75) is 45.2 Å². The van der Waals surface area contributed by atoms with Gasteiger partial charge in [0.05, 0.1) is 17.8 Å². The van der Waals surface area contributed by atoms with Gasteiger partial charge < -0.3 is 19.6 Å². The molecule has 3 heterocycles. The quantitative estimate of drug-likeness (QED) is 0.806. The maximum absolute atomic E-state index is 12.3. The number of hydrogen-bond donors (Lipinski definition) is 1. The van der Waals surface area contributed by atoms with E-state index in [-0.39, 0.29) is 5.91 Å². The Morgan fingerprint density at radius 3 is 2.93 bits per heavy atom. The maximum atomic E-state index is 12.3. The SMILES string of the molecule is Cc1cc(CN(C)c2ccc(C(=O)NCC[C@@H]3CCCCN3C)cn2)on1. The Kier molecular flexibility index (Phi) is 6.45. The van der Waals surface area contributed by atoms with E-state index in [2.05, 4.69) is 27.4 Å². The molecule has 1 aliphatic rings. The number of aryl methyl sites for hydroxylation is 1. The number of hydrogen-bond acceptors (Lipinski definition) is 6. The molecule has 0 aromatic carbocycles. The summed E-state index contributed by atoms with van der Waals surface area (Å²) in [5.41, 5.74) is 1.44. The molecule has 0 unspecified atom stereocenters. The molecule has 146 valence electrons. The lowest BCUT2D eigenvalue weighted by Crippen LogP contribution is -2.39. The molecule has 27 heavy (non-hydrogen) atoms. The first-order valence-corrected chi connectivity index (χ1v) is 9.61. The Bertz CT molecular complexity index is 743. The first-order valence-electron chi connectivity index (χ1n) is 9.61. The van der Waals surface area contributed by atoms with Crippen molar-refractivity contribution in [3.05, 3.63) is 41.4 Å². The van der Waals surface area contributed by atoms with Crippen LogP contribution in [0.5, 0.6) is 0 Å². The van der Waals surface area contributed by atoms with E-state index >= 15 is 0 Å². The summed E-state index contributed by atoms with van der Waals surface area (Å²) < 4.78 is 5.23. The first-order chi connectivity index (χ1) is 13.0. The summed E-state index contributed by atoms with van der Waals surface area (Å²) in [6, 6.07) is 6.15. The number of anilines is 1. The van der Waals surface area contributed by atoms with E-state index in [1.54, 1.807) is 6.20 Å². The highest BCUT2D eigenvalue weighted by Crippen LogP contribution is 2.17. The monoisotopic (exact) mass is 371 g/mol. The molecule has 1 N–H and O–H groups in total. The van der Waals surface area contributed by atoms with E-state index in [0.717, 1.165) is 30.2 Å².